The minimum absolute atomic E-state index is 0.262. The first kappa shape index (κ1) is 22.0. The quantitative estimate of drug-likeness (QED) is 0.490. The number of nitrogens with one attached hydrogen (secondary N) is 1. The van der Waals surface area contributed by atoms with Gasteiger partial charge in [0.25, 0.3) is 17.7 Å². The molecule has 0 aromatic heterocycles. The number of esters is 1. The van der Waals surface area contributed by atoms with E-state index in [1.807, 2.05) is 6.92 Å². The average Bonchev–Trinajstić information content (AvgIpc) is 3.03. The number of fused-ring (bicyclic) bond motifs is 1. The molecule has 3 amide bonds. The highest BCUT2D eigenvalue weighted by Crippen LogP contribution is 2.27. The molecular weight excluding hydrogens is 400 g/mol. The molecule has 2 aromatic rings. The van der Waals surface area contributed by atoms with E-state index in [-0.39, 0.29) is 17.5 Å². The van der Waals surface area contributed by atoms with Crippen LogP contribution in [0, 0.1) is 0 Å². The maximum Gasteiger partial charge on any atom is 0.329 e. The summed E-state index contributed by atoms with van der Waals surface area (Å²) < 4.78 is 10.3. The van der Waals surface area contributed by atoms with Crippen molar-refractivity contribution >= 4 is 29.4 Å². The third kappa shape index (κ3) is 4.91. The van der Waals surface area contributed by atoms with E-state index in [2.05, 4.69) is 5.32 Å². The smallest absolute Gasteiger partial charge is 0.329 e. The van der Waals surface area contributed by atoms with Gasteiger partial charge in [-0.2, -0.15) is 0 Å². The van der Waals surface area contributed by atoms with Gasteiger partial charge in [0.15, 0.2) is 6.61 Å². The first-order chi connectivity index (χ1) is 15.0. The molecule has 1 aliphatic rings. The predicted octanol–water partition coefficient (Wildman–Crippen LogP) is 3.03. The van der Waals surface area contributed by atoms with E-state index in [0.29, 0.717) is 17.9 Å². The SMILES string of the molecule is CCCC[C@H](C(=O)OCC(=O)Nc1cccc(OC)c1)N1C(=O)c2ccccc2C1=O. The van der Waals surface area contributed by atoms with Crippen LogP contribution in [0.3, 0.4) is 0 Å². The standard InChI is InChI=1S/C23H24N2O6/c1-3-4-12-19(25-21(27)17-10-5-6-11-18(17)22(25)28)23(29)31-14-20(26)24-15-8-7-9-16(13-15)30-2/h5-11,13,19H,3-4,12,14H2,1-2H3,(H,24,26)/t19-/m1/s1. The van der Waals surface area contributed by atoms with E-state index >= 15 is 0 Å². The molecule has 1 aliphatic heterocycles. The van der Waals surface area contributed by atoms with Gasteiger partial charge >= 0.3 is 5.97 Å². The van der Waals surface area contributed by atoms with Crippen LogP contribution in [-0.2, 0) is 14.3 Å². The summed E-state index contributed by atoms with van der Waals surface area (Å²) in [6.45, 7) is 1.40. The number of carbonyl (C=O) groups is 4. The molecule has 8 nitrogen and oxygen atoms in total. The van der Waals surface area contributed by atoms with Crippen molar-refractivity contribution < 1.29 is 28.7 Å². The van der Waals surface area contributed by atoms with Gasteiger partial charge in [-0.3, -0.25) is 19.3 Å². The van der Waals surface area contributed by atoms with Crippen LogP contribution in [0.1, 0.15) is 46.9 Å². The monoisotopic (exact) mass is 424 g/mol. The second-order valence-electron chi connectivity index (χ2n) is 7.07. The lowest BCUT2D eigenvalue weighted by molar-refractivity contribution is -0.151. The molecule has 0 bridgehead atoms. The Balaban J connectivity index is 1.67. The first-order valence-corrected chi connectivity index (χ1v) is 10.0. The van der Waals surface area contributed by atoms with Gasteiger partial charge < -0.3 is 14.8 Å². The van der Waals surface area contributed by atoms with E-state index in [1.54, 1.807) is 48.5 Å². The van der Waals surface area contributed by atoms with Crippen LogP contribution >= 0.6 is 0 Å². The molecule has 1 heterocycles. The number of methoxy groups -OCH3 is 1. The lowest BCUT2D eigenvalue weighted by Gasteiger charge is -2.24. The molecule has 0 aliphatic carbocycles. The Morgan fingerprint density at radius 2 is 1.71 bits per heavy atom. The summed E-state index contributed by atoms with van der Waals surface area (Å²) in [6.07, 6.45) is 1.64. The van der Waals surface area contributed by atoms with Gasteiger partial charge in [0.1, 0.15) is 11.8 Å². The summed E-state index contributed by atoms with van der Waals surface area (Å²) in [5.74, 6) is -1.82. The zero-order valence-electron chi connectivity index (χ0n) is 17.4. The van der Waals surface area contributed by atoms with Crippen molar-refractivity contribution in [3.63, 3.8) is 0 Å². The second-order valence-corrected chi connectivity index (χ2v) is 7.07. The Morgan fingerprint density at radius 3 is 2.32 bits per heavy atom. The Hall–Kier alpha value is -3.68. The van der Waals surface area contributed by atoms with Crippen LogP contribution in [0.15, 0.2) is 48.5 Å². The van der Waals surface area contributed by atoms with Crippen LogP contribution in [0.5, 0.6) is 5.75 Å². The molecule has 31 heavy (non-hydrogen) atoms. The number of anilines is 1. The van der Waals surface area contributed by atoms with Crippen LogP contribution in [0.2, 0.25) is 0 Å². The molecule has 1 atom stereocenters. The van der Waals surface area contributed by atoms with Crippen molar-refractivity contribution in [2.45, 2.75) is 32.2 Å². The number of hydrogen-bond acceptors (Lipinski definition) is 6. The highest BCUT2D eigenvalue weighted by molar-refractivity contribution is 6.22. The molecule has 2 aromatic carbocycles. The number of benzene rings is 2. The van der Waals surface area contributed by atoms with Crippen molar-refractivity contribution in [2.24, 2.45) is 0 Å². The summed E-state index contributed by atoms with van der Waals surface area (Å²) in [5, 5.41) is 2.61. The maximum absolute atomic E-state index is 12.8. The van der Waals surface area contributed by atoms with Crippen molar-refractivity contribution in [1.29, 1.82) is 0 Å². The lowest BCUT2D eigenvalue weighted by Crippen LogP contribution is -2.46. The van der Waals surface area contributed by atoms with Crippen molar-refractivity contribution in [3.8, 4) is 5.75 Å². The maximum atomic E-state index is 12.8. The highest BCUT2D eigenvalue weighted by atomic mass is 16.5. The number of carbonyl (C=O) groups excluding carboxylic acids is 4. The van der Waals surface area contributed by atoms with Crippen molar-refractivity contribution in [1.82, 2.24) is 4.90 Å². The van der Waals surface area contributed by atoms with E-state index < -0.39 is 36.3 Å². The van der Waals surface area contributed by atoms with E-state index in [9.17, 15) is 19.2 Å². The molecular formula is C23H24N2O6. The summed E-state index contributed by atoms with van der Waals surface area (Å²) in [6, 6.07) is 12.1. The molecule has 0 saturated heterocycles. The van der Waals surface area contributed by atoms with E-state index in [0.717, 1.165) is 11.3 Å². The molecule has 162 valence electrons. The van der Waals surface area contributed by atoms with Gasteiger partial charge in [0, 0.05) is 11.8 Å². The van der Waals surface area contributed by atoms with Gasteiger partial charge in [-0.15, -0.1) is 0 Å². The summed E-state index contributed by atoms with van der Waals surface area (Å²) in [7, 11) is 1.51. The largest absolute Gasteiger partial charge is 0.497 e. The number of hydrogen-bond donors (Lipinski definition) is 1. The zero-order chi connectivity index (χ0) is 22.4. The third-order valence-electron chi connectivity index (χ3n) is 4.94. The molecule has 0 fully saturated rings. The van der Waals surface area contributed by atoms with Crippen LogP contribution in [0.25, 0.3) is 0 Å². The van der Waals surface area contributed by atoms with Crippen molar-refractivity contribution in [2.75, 3.05) is 19.0 Å². The molecule has 0 spiro atoms. The van der Waals surface area contributed by atoms with Crippen LogP contribution < -0.4 is 10.1 Å². The summed E-state index contributed by atoms with van der Waals surface area (Å²) in [5.41, 5.74) is 1.01. The molecule has 0 unspecified atom stereocenters. The lowest BCUT2D eigenvalue weighted by atomic mass is 10.1. The number of unbranched alkanes of at least 4 members (excludes halogenated alkanes) is 1. The van der Waals surface area contributed by atoms with Gasteiger partial charge in [-0.05, 0) is 30.7 Å². The Labute approximate surface area is 180 Å². The summed E-state index contributed by atoms with van der Waals surface area (Å²) >= 11 is 0. The average molecular weight is 424 g/mol. The number of amides is 3. The number of ether oxygens (including phenoxy) is 2. The van der Waals surface area contributed by atoms with E-state index in [1.165, 1.54) is 7.11 Å². The van der Waals surface area contributed by atoms with Gasteiger partial charge in [-0.25, -0.2) is 4.79 Å². The molecule has 3 rings (SSSR count). The molecule has 1 N–H and O–H groups in total. The predicted molar refractivity (Wildman–Crippen MR) is 113 cm³/mol. The molecule has 0 radical (unpaired) electrons. The normalized spacial score (nSPS) is 13.5. The minimum Gasteiger partial charge on any atom is -0.497 e. The summed E-state index contributed by atoms with van der Waals surface area (Å²) in [4.78, 5) is 51.4. The van der Waals surface area contributed by atoms with Crippen LogP contribution in [0.4, 0.5) is 5.69 Å². The molecule has 8 heteroatoms. The highest BCUT2D eigenvalue weighted by Gasteiger charge is 2.43. The fourth-order valence-electron chi connectivity index (χ4n) is 3.37. The topological polar surface area (TPSA) is 102 Å². The van der Waals surface area contributed by atoms with Crippen molar-refractivity contribution in [3.05, 3.63) is 59.7 Å². The molecule has 0 saturated carbocycles. The fraction of sp³-hybridized carbons (Fsp3) is 0.304. The van der Waals surface area contributed by atoms with E-state index in [4.69, 9.17) is 9.47 Å². The fourth-order valence-corrected chi connectivity index (χ4v) is 3.37. The number of rotatable bonds is 9. The second kappa shape index (κ2) is 9.88. The Morgan fingerprint density at radius 1 is 1.03 bits per heavy atom. The first-order valence-electron chi connectivity index (χ1n) is 10.0. The number of nitrogens with zero attached hydrogens (tertiary/aromatic N) is 1. The van der Waals surface area contributed by atoms with Gasteiger partial charge in [0.05, 0.1) is 18.2 Å². The minimum atomic E-state index is -1.09. The van der Waals surface area contributed by atoms with Gasteiger partial charge in [0.2, 0.25) is 0 Å². The van der Waals surface area contributed by atoms with Crippen LogP contribution in [-0.4, -0.2) is 48.3 Å². The zero-order valence-corrected chi connectivity index (χ0v) is 17.4. The Kier molecular flexibility index (Phi) is 7.02. The number of imide groups is 1. The van der Waals surface area contributed by atoms with Gasteiger partial charge in [-0.1, -0.05) is 38.0 Å². The third-order valence-corrected chi connectivity index (χ3v) is 4.94. The Bertz CT molecular complexity index is 968.